The summed E-state index contributed by atoms with van der Waals surface area (Å²) < 4.78 is 0. The van der Waals surface area contributed by atoms with Gasteiger partial charge in [0.1, 0.15) is 0 Å². The second kappa shape index (κ2) is 11.7. The van der Waals surface area contributed by atoms with Gasteiger partial charge in [0.2, 0.25) is 0 Å². The number of thioether (sulfide) groups is 1. The monoisotopic (exact) mass is 334 g/mol. The van der Waals surface area contributed by atoms with Crippen molar-refractivity contribution in [2.45, 2.75) is 77.5 Å². The van der Waals surface area contributed by atoms with E-state index in [1.165, 1.54) is 55.6 Å². The standard InChI is InChI=1S/C21H34OS/c1-5-8-9-11-18(6-2)14-19(7-3)16-23-21-13-10-12-20(15-21)17(4)22/h10,12-13,15,18-19H,5-9,11,14,16H2,1-4H3. The molecule has 0 amide bonds. The SMILES string of the molecule is CCCCCC(CC)CC(CC)CSc1cccc(C(C)=O)c1. The summed E-state index contributed by atoms with van der Waals surface area (Å²) in [5.41, 5.74) is 0.828. The Hall–Kier alpha value is -0.760. The van der Waals surface area contributed by atoms with Crippen LogP contribution >= 0.6 is 11.8 Å². The number of carbonyl (C=O) groups excluding carboxylic acids is 1. The predicted octanol–water partition coefficient (Wildman–Crippen LogP) is 7.00. The van der Waals surface area contributed by atoms with Crippen LogP contribution in [0.1, 0.15) is 83.0 Å². The Morgan fingerprint density at radius 2 is 1.83 bits per heavy atom. The first-order chi connectivity index (χ1) is 11.1. The van der Waals surface area contributed by atoms with Gasteiger partial charge in [0.15, 0.2) is 5.78 Å². The molecule has 2 heteroatoms. The molecule has 1 aromatic carbocycles. The van der Waals surface area contributed by atoms with Crippen LogP contribution in [0.15, 0.2) is 29.2 Å². The molecule has 1 aromatic rings. The summed E-state index contributed by atoms with van der Waals surface area (Å²) in [6, 6.07) is 8.07. The molecule has 0 saturated heterocycles. The zero-order chi connectivity index (χ0) is 17.1. The number of hydrogen-bond donors (Lipinski definition) is 0. The van der Waals surface area contributed by atoms with Crippen LogP contribution in [0.5, 0.6) is 0 Å². The molecule has 1 rings (SSSR count). The molecule has 0 aliphatic carbocycles. The van der Waals surface area contributed by atoms with Crippen molar-refractivity contribution in [2.75, 3.05) is 5.75 Å². The first-order valence-corrected chi connectivity index (χ1v) is 10.3. The Bertz CT molecular complexity index is 455. The fourth-order valence-corrected chi connectivity index (χ4v) is 4.20. The van der Waals surface area contributed by atoms with Crippen LogP contribution in [0.2, 0.25) is 0 Å². The lowest BCUT2D eigenvalue weighted by Crippen LogP contribution is -2.10. The lowest BCUT2D eigenvalue weighted by Gasteiger charge is -2.21. The molecule has 1 nitrogen and oxygen atoms in total. The fraction of sp³-hybridized carbons (Fsp3) is 0.667. The predicted molar refractivity (Wildman–Crippen MR) is 103 cm³/mol. The second-order valence-corrected chi connectivity index (χ2v) is 7.77. The molecular weight excluding hydrogens is 300 g/mol. The largest absolute Gasteiger partial charge is 0.295 e. The molecule has 23 heavy (non-hydrogen) atoms. The Morgan fingerprint density at radius 3 is 2.43 bits per heavy atom. The summed E-state index contributed by atoms with van der Waals surface area (Å²) in [7, 11) is 0. The lowest BCUT2D eigenvalue weighted by atomic mass is 9.88. The highest BCUT2D eigenvalue weighted by molar-refractivity contribution is 7.99. The van der Waals surface area contributed by atoms with Crippen LogP contribution in [0.25, 0.3) is 0 Å². The number of ketones is 1. The molecule has 0 radical (unpaired) electrons. The zero-order valence-electron chi connectivity index (χ0n) is 15.4. The molecule has 0 heterocycles. The van der Waals surface area contributed by atoms with Crippen molar-refractivity contribution in [3.05, 3.63) is 29.8 Å². The van der Waals surface area contributed by atoms with E-state index in [1.807, 2.05) is 30.0 Å². The third-order valence-corrected chi connectivity index (χ3v) is 5.99. The van der Waals surface area contributed by atoms with E-state index >= 15 is 0 Å². The third kappa shape index (κ3) is 8.06. The Morgan fingerprint density at radius 1 is 1.09 bits per heavy atom. The van der Waals surface area contributed by atoms with Crippen LogP contribution in [0.4, 0.5) is 0 Å². The van der Waals surface area contributed by atoms with Gasteiger partial charge < -0.3 is 0 Å². The van der Waals surface area contributed by atoms with E-state index in [2.05, 4.69) is 26.8 Å². The number of unbranched alkanes of at least 4 members (excludes halogenated alkanes) is 2. The molecule has 0 spiro atoms. The third-order valence-electron chi connectivity index (χ3n) is 4.76. The first kappa shape index (κ1) is 20.3. The molecule has 0 aliphatic heterocycles. The zero-order valence-corrected chi connectivity index (χ0v) is 16.3. The van der Waals surface area contributed by atoms with Gasteiger partial charge in [-0.15, -0.1) is 11.8 Å². The van der Waals surface area contributed by atoms with E-state index < -0.39 is 0 Å². The number of rotatable bonds is 12. The van der Waals surface area contributed by atoms with Gasteiger partial charge in [-0.1, -0.05) is 71.4 Å². The Balaban J connectivity index is 2.49. The molecule has 0 saturated carbocycles. The molecule has 0 N–H and O–H groups in total. The average molecular weight is 335 g/mol. The van der Waals surface area contributed by atoms with E-state index in [0.29, 0.717) is 0 Å². The molecule has 0 fully saturated rings. The lowest BCUT2D eigenvalue weighted by molar-refractivity contribution is 0.101. The summed E-state index contributed by atoms with van der Waals surface area (Å²) in [5, 5.41) is 0. The molecule has 0 aromatic heterocycles. The maximum Gasteiger partial charge on any atom is 0.159 e. The number of hydrogen-bond acceptors (Lipinski definition) is 2. The smallest absolute Gasteiger partial charge is 0.159 e. The molecular formula is C21H34OS. The van der Waals surface area contributed by atoms with Gasteiger partial charge in [-0.3, -0.25) is 4.79 Å². The van der Waals surface area contributed by atoms with Gasteiger partial charge in [0.25, 0.3) is 0 Å². The minimum absolute atomic E-state index is 0.154. The number of carbonyl (C=O) groups is 1. The normalized spacial score (nSPS) is 13.7. The second-order valence-electron chi connectivity index (χ2n) is 6.68. The van der Waals surface area contributed by atoms with Crippen LogP contribution in [0, 0.1) is 11.8 Å². The number of Topliss-reactive ketones (excluding diaryl/α,β-unsaturated/α-hetero) is 1. The van der Waals surface area contributed by atoms with Crippen molar-refractivity contribution in [1.29, 1.82) is 0 Å². The van der Waals surface area contributed by atoms with Crippen LogP contribution < -0.4 is 0 Å². The van der Waals surface area contributed by atoms with Crippen LogP contribution in [-0.2, 0) is 0 Å². The van der Waals surface area contributed by atoms with Crippen molar-refractivity contribution < 1.29 is 4.79 Å². The van der Waals surface area contributed by atoms with E-state index in [4.69, 9.17) is 0 Å². The minimum atomic E-state index is 0.154. The maximum atomic E-state index is 11.5. The van der Waals surface area contributed by atoms with E-state index in [9.17, 15) is 4.79 Å². The Labute approximate surface area is 147 Å². The molecule has 0 bridgehead atoms. The highest BCUT2D eigenvalue weighted by Gasteiger charge is 2.14. The van der Waals surface area contributed by atoms with E-state index in [0.717, 1.165) is 17.4 Å². The van der Waals surface area contributed by atoms with Gasteiger partial charge in [-0.2, -0.15) is 0 Å². The van der Waals surface area contributed by atoms with Gasteiger partial charge in [-0.25, -0.2) is 0 Å². The van der Waals surface area contributed by atoms with Gasteiger partial charge >= 0.3 is 0 Å². The van der Waals surface area contributed by atoms with Crippen LogP contribution in [-0.4, -0.2) is 11.5 Å². The van der Waals surface area contributed by atoms with Gasteiger partial charge in [0, 0.05) is 16.2 Å². The topological polar surface area (TPSA) is 17.1 Å². The summed E-state index contributed by atoms with van der Waals surface area (Å²) in [5.74, 6) is 2.99. The maximum absolute atomic E-state index is 11.5. The van der Waals surface area contributed by atoms with Crippen LogP contribution in [0.3, 0.4) is 0 Å². The number of benzene rings is 1. The highest BCUT2D eigenvalue weighted by atomic mass is 32.2. The molecule has 2 atom stereocenters. The first-order valence-electron chi connectivity index (χ1n) is 9.34. The quantitative estimate of drug-likeness (QED) is 0.232. The summed E-state index contributed by atoms with van der Waals surface area (Å²) >= 11 is 1.91. The molecule has 0 aliphatic rings. The van der Waals surface area contributed by atoms with Crippen molar-refractivity contribution in [1.82, 2.24) is 0 Å². The van der Waals surface area contributed by atoms with E-state index in [1.54, 1.807) is 6.92 Å². The molecule has 2 unspecified atom stereocenters. The minimum Gasteiger partial charge on any atom is -0.295 e. The van der Waals surface area contributed by atoms with Crippen molar-refractivity contribution in [2.24, 2.45) is 11.8 Å². The van der Waals surface area contributed by atoms with Gasteiger partial charge in [0.05, 0.1) is 0 Å². The molecule has 130 valence electrons. The highest BCUT2D eigenvalue weighted by Crippen LogP contribution is 2.29. The summed E-state index contributed by atoms with van der Waals surface area (Å²) in [4.78, 5) is 12.7. The Kier molecular flexibility index (Phi) is 10.3. The average Bonchev–Trinajstić information content (AvgIpc) is 2.57. The van der Waals surface area contributed by atoms with Crippen molar-refractivity contribution in [3.63, 3.8) is 0 Å². The fourth-order valence-electron chi connectivity index (χ4n) is 3.01. The summed E-state index contributed by atoms with van der Waals surface area (Å²) in [6.07, 6.45) is 9.39. The van der Waals surface area contributed by atoms with Crippen molar-refractivity contribution in [3.8, 4) is 0 Å². The summed E-state index contributed by atoms with van der Waals surface area (Å²) in [6.45, 7) is 8.57. The van der Waals surface area contributed by atoms with E-state index in [-0.39, 0.29) is 5.78 Å². The van der Waals surface area contributed by atoms with Crippen molar-refractivity contribution >= 4 is 17.5 Å². The van der Waals surface area contributed by atoms with Gasteiger partial charge in [-0.05, 0) is 37.3 Å².